The maximum Gasteiger partial charge on any atom is 0.260 e. The first kappa shape index (κ1) is 14.3. The molecular formula is C13H21N3O2. The smallest absolute Gasteiger partial charge is 0.260 e. The van der Waals surface area contributed by atoms with E-state index < -0.39 is 0 Å². The second-order valence-corrected chi connectivity index (χ2v) is 4.06. The molecule has 0 bridgehead atoms. The van der Waals surface area contributed by atoms with Crippen molar-refractivity contribution < 1.29 is 9.53 Å². The van der Waals surface area contributed by atoms with Crippen LogP contribution in [0.2, 0.25) is 0 Å². The summed E-state index contributed by atoms with van der Waals surface area (Å²) in [5.41, 5.74) is 5.64. The van der Waals surface area contributed by atoms with E-state index in [1.165, 1.54) is 0 Å². The molecule has 0 saturated carbocycles. The Kier molecular flexibility index (Phi) is 5.97. The molecule has 5 heteroatoms. The second-order valence-electron chi connectivity index (χ2n) is 4.06. The normalized spacial score (nSPS) is 10.1. The summed E-state index contributed by atoms with van der Waals surface area (Å²) in [5.74, 6) is 0.753. The molecule has 0 aromatic carbocycles. The van der Waals surface area contributed by atoms with Crippen molar-refractivity contribution in [3.8, 4) is 5.75 Å². The molecule has 1 amide bonds. The molecule has 0 radical (unpaired) electrons. The molecule has 18 heavy (non-hydrogen) atoms. The number of carbonyl (C=O) groups is 1. The Bertz CT molecular complexity index is 376. The van der Waals surface area contributed by atoms with E-state index in [0.29, 0.717) is 11.6 Å². The molecule has 1 rings (SSSR count). The summed E-state index contributed by atoms with van der Waals surface area (Å²) in [7, 11) is 0. The third-order valence-electron chi connectivity index (χ3n) is 2.49. The van der Waals surface area contributed by atoms with Crippen LogP contribution in [-0.4, -0.2) is 35.5 Å². The van der Waals surface area contributed by atoms with Crippen LogP contribution in [-0.2, 0) is 4.79 Å². The molecular weight excluding hydrogens is 230 g/mol. The average molecular weight is 251 g/mol. The van der Waals surface area contributed by atoms with Crippen molar-refractivity contribution in [2.24, 2.45) is 0 Å². The number of hydrogen-bond acceptors (Lipinski definition) is 4. The molecule has 0 atom stereocenters. The van der Waals surface area contributed by atoms with Gasteiger partial charge in [-0.2, -0.15) is 0 Å². The monoisotopic (exact) mass is 251 g/mol. The molecule has 0 spiro atoms. The zero-order valence-corrected chi connectivity index (χ0v) is 11.1. The number of anilines is 1. The highest BCUT2D eigenvalue weighted by atomic mass is 16.5. The fourth-order valence-electron chi connectivity index (χ4n) is 1.66. The summed E-state index contributed by atoms with van der Waals surface area (Å²) in [5, 5.41) is 0. The molecule has 0 saturated heterocycles. The van der Waals surface area contributed by atoms with Crippen LogP contribution in [0.3, 0.4) is 0 Å². The lowest BCUT2D eigenvalue weighted by Gasteiger charge is -2.21. The number of hydrogen-bond donors (Lipinski definition) is 1. The third kappa shape index (κ3) is 4.24. The van der Waals surface area contributed by atoms with Gasteiger partial charge in [-0.3, -0.25) is 4.79 Å². The Labute approximate surface area is 108 Å². The number of rotatable bonds is 7. The number of nitrogen functional groups attached to an aromatic ring is 1. The number of carbonyl (C=O) groups excluding carboxylic acids is 1. The number of nitrogens with two attached hydrogens (primary N) is 1. The van der Waals surface area contributed by atoms with Gasteiger partial charge in [0.2, 0.25) is 0 Å². The Hall–Kier alpha value is -1.78. The quantitative estimate of drug-likeness (QED) is 0.800. The number of pyridine rings is 1. The first-order valence-corrected chi connectivity index (χ1v) is 6.30. The van der Waals surface area contributed by atoms with E-state index in [0.717, 1.165) is 25.9 Å². The summed E-state index contributed by atoms with van der Waals surface area (Å²) in [6.45, 7) is 5.64. The highest BCUT2D eigenvalue weighted by Crippen LogP contribution is 2.16. The average Bonchev–Trinajstić information content (AvgIpc) is 2.37. The summed E-state index contributed by atoms with van der Waals surface area (Å²) in [6, 6.07) is 3.44. The molecule has 0 unspecified atom stereocenters. The number of ether oxygens (including phenoxy) is 1. The van der Waals surface area contributed by atoms with Crippen LogP contribution in [0.4, 0.5) is 5.82 Å². The summed E-state index contributed by atoms with van der Waals surface area (Å²) in [4.78, 5) is 17.7. The van der Waals surface area contributed by atoms with Crippen LogP contribution in [0.15, 0.2) is 18.3 Å². The molecule has 5 nitrogen and oxygen atoms in total. The van der Waals surface area contributed by atoms with E-state index in [1.807, 2.05) is 4.90 Å². The molecule has 1 aromatic rings. The Morgan fingerprint density at radius 1 is 1.39 bits per heavy atom. The second kappa shape index (κ2) is 7.53. The Morgan fingerprint density at radius 3 is 2.61 bits per heavy atom. The molecule has 0 aliphatic heterocycles. The minimum atomic E-state index is -0.0121. The molecule has 1 aromatic heterocycles. The fourth-order valence-corrected chi connectivity index (χ4v) is 1.66. The van der Waals surface area contributed by atoms with Gasteiger partial charge in [0.25, 0.3) is 5.91 Å². The fraction of sp³-hybridized carbons (Fsp3) is 0.538. The van der Waals surface area contributed by atoms with E-state index in [-0.39, 0.29) is 12.5 Å². The predicted octanol–water partition coefficient (Wildman–Crippen LogP) is 1.69. The molecule has 0 aliphatic rings. The lowest BCUT2D eigenvalue weighted by Crippen LogP contribution is -2.36. The molecule has 100 valence electrons. The first-order valence-electron chi connectivity index (χ1n) is 6.30. The zero-order valence-electron chi connectivity index (χ0n) is 11.1. The van der Waals surface area contributed by atoms with Gasteiger partial charge < -0.3 is 15.4 Å². The van der Waals surface area contributed by atoms with Gasteiger partial charge >= 0.3 is 0 Å². The van der Waals surface area contributed by atoms with Crippen molar-refractivity contribution in [1.82, 2.24) is 9.88 Å². The molecule has 0 fully saturated rings. The molecule has 2 N–H and O–H groups in total. The van der Waals surface area contributed by atoms with E-state index in [9.17, 15) is 4.79 Å². The Balaban J connectivity index is 2.51. The van der Waals surface area contributed by atoms with Crippen LogP contribution in [0.1, 0.15) is 26.7 Å². The van der Waals surface area contributed by atoms with E-state index in [4.69, 9.17) is 10.5 Å². The SMILES string of the molecule is CCCN(CCC)C(=O)COc1cccnc1N. The standard InChI is InChI=1S/C13H21N3O2/c1-3-8-16(9-4-2)12(17)10-18-11-6-5-7-15-13(11)14/h5-7H,3-4,8-10H2,1-2H3,(H2,14,15). The summed E-state index contributed by atoms with van der Waals surface area (Å²) in [6.07, 6.45) is 3.48. The molecule has 0 aliphatic carbocycles. The van der Waals surface area contributed by atoms with Gasteiger partial charge in [-0.25, -0.2) is 4.98 Å². The van der Waals surface area contributed by atoms with Crippen molar-refractivity contribution >= 4 is 11.7 Å². The van der Waals surface area contributed by atoms with Crippen LogP contribution in [0, 0.1) is 0 Å². The van der Waals surface area contributed by atoms with Gasteiger partial charge in [0, 0.05) is 19.3 Å². The lowest BCUT2D eigenvalue weighted by molar-refractivity contribution is -0.133. The number of aromatic nitrogens is 1. The van der Waals surface area contributed by atoms with Gasteiger partial charge in [0.15, 0.2) is 18.2 Å². The van der Waals surface area contributed by atoms with Gasteiger partial charge in [-0.15, -0.1) is 0 Å². The number of amides is 1. The summed E-state index contributed by atoms with van der Waals surface area (Å²) >= 11 is 0. The molecule has 1 heterocycles. The maximum absolute atomic E-state index is 11.9. The van der Waals surface area contributed by atoms with E-state index in [2.05, 4.69) is 18.8 Å². The highest BCUT2D eigenvalue weighted by molar-refractivity contribution is 5.77. The third-order valence-corrected chi connectivity index (χ3v) is 2.49. The van der Waals surface area contributed by atoms with E-state index >= 15 is 0 Å². The highest BCUT2D eigenvalue weighted by Gasteiger charge is 2.13. The van der Waals surface area contributed by atoms with Crippen LogP contribution in [0.25, 0.3) is 0 Å². The van der Waals surface area contributed by atoms with Gasteiger partial charge in [0.1, 0.15) is 0 Å². The topological polar surface area (TPSA) is 68.5 Å². The number of nitrogens with zero attached hydrogens (tertiary/aromatic N) is 2. The lowest BCUT2D eigenvalue weighted by atomic mass is 10.3. The van der Waals surface area contributed by atoms with Gasteiger partial charge in [-0.05, 0) is 25.0 Å². The summed E-state index contributed by atoms with van der Waals surface area (Å²) < 4.78 is 5.39. The van der Waals surface area contributed by atoms with Crippen LogP contribution < -0.4 is 10.5 Å². The Morgan fingerprint density at radius 2 is 2.06 bits per heavy atom. The van der Waals surface area contributed by atoms with E-state index in [1.54, 1.807) is 18.3 Å². The van der Waals surface area contributed by atoms with Crippen LogP contribution >= 0.6 is 0 Å². The first-order chi connectivity index (χ1) is 8.69. The van der Waals surface area contributed by atoms with Crippen molar-refractivity contribution in [2.75, 3.05) is 25.4 Å². The minimum Gasteiger partial charge on any atom is -0.480 e. The van der Waals surface area contributed by atoms with Crippen molar-refractivity contribution in [3.63, 3.8) is 0 Å². The zero-order chi connectivity index (χ0) is 13.4. The maximum atomic E-state index is 11.9. The van der Waals surface area contributed by atoms with Crippen molar-refractivity contribution in [3.05, 3.63) is 18.3 Å². The van der Waals surface area contributed by atoms with Gasteiger partial charge in [0.05, 0.1) is 0 Å². The van der Waals surface area contributed by atoms with Crippen molar-refractivity contribution in [1.29, 1.82) is 0 Å². The largest absolute Gasteiger partial charge is 0.480 e. The van der Waals surface area contributed by atoms with Crippen LogP contribution in [0.5, 0.6) is 5.75 Å². The predicted molar refractivity (Wildman–Crippen MR) is 71.3 cm³/mol. The van der Waals surface area contributed by atoms with Crippen molar-refractivity contribution in [2.45, 2.75) is 26.7 Å². The van der Waals surface area contributed by atoms with Gasteiger partial charge in [-0.1, -0.05) is 13.8 Å². The minimum absolute atomic E-state index is 0.00981.